The van der Waals surface area contributed by atoms with Crippen molar-refractivity contribution in [2.24, 2.45) is 5.92 Å². The van der Waals surface area contributed by atoms with E-state index >= 15 is 0 Å². The van der Waals surface area contributed by atoms with Crippen LogP contribution < -0.4 is 4.90 Å². The van der Waals surface area contributed by atoms with Crippen LogP contribution in [0.15, 0.2) is 12.1 Å². The number of aromatic nitrogens is 2. The SMILES string of the molecule is CC(C)CN(CC(=O)O)c1ccc(C(=O)N(C)C)nn1. The molecule has 1 heterocycles. The number of hydrogen-bond acceptors (Lipinski definition) is 5. The molecule has 1 aromatic rings. The zero-order valence-corrected chi connectivity index (χ0v) is 12.2. The molecule has 7 heteroatoms. The molecule has 0 aliphatic carbocycles. The average Bonchev–Trinajstić information content (AvgIpc) is 2.36. The van der Waals surface area contributed by atoms with Crippen LogP contribution in [0.5, 0.6) is 0 Å². The lowest BCUT2D eigenvalue weighted by molar-refractivity contribution is -0.135. The second-order valence-corrected chi connectivity index (χ2v) is 5.14. The van der Waals surface area contributed by atoms with E-state index in [0.717, 1.165) is 0 Å². The highest BCUT2D eigenvalue weighted by Gasteiger charge is 2.16. The summed E-state index contributed by atoms with van der Waals surface area (Å²) in [6, 6.07) is 3.18. The normalized spacial score (nSPS) is 10.4. The van der Waals surface area contributed by atoms with Crippen LogP contribution in [-0.4, -0.2) is 59.3 Å². The lowest BCUT2D eigenvalue weighted by Gasteiger charge is -2.23. The minimum atomic E-state index is -0.930. The van der Waals surface area contributed by atoms with Gasteiger partial charge in [-0.05, 0) is 18.1 Å². The van der Waals surface area contributed by atoms with Gasteiger partial charge in [0.15, 0.2) is 11.5 Å². The molecule has 20 heavy (non-hydrogen) atoms. The Morgan fingerprint density at radius 2 is 1.90 bits per heavy atom. The highest BCUT2D eigenvalue weighted by molar-refractivity contribution is 5.91. The van der Waals surface area contributed by atoms with Crippen LogP contribution in [0.3, 0.4) is 0 Å². The van der Waals surface area contributed by atoms with Gasteiger partial charge in [0.2, 0.25) is 0 Å². The van der Waals surface area contributed by atoms with Crippen LogP contribution in [-0.2, 0) is 4.79 Å². The van der Waals surface area contributed by atoms with Gasteiger partial charge in [0.05, 0.1) is 0 Å². The Balaban J connectivity index is 2.92. The molecule has 0 aliphatic rings. The Bertz CT molecular complexity index is 471. The number of carboxylic acids is 1. The van der Waals surface area contributed by atoms with E-state index in [2.05, 4.69) is 10.2 Å². The highest BCUT2D eigenvalue weighted by atomic mass is 16.4. The van der Waals surface area contributed by atoms with Gasteiger partial charge < -0.3 is 14.9 Å². The molecule has 0 aromatic carbocycles. The predicted molar refractivity (Wildman–Crippen MR) is 74.7 cm³/mol. The molecule has 0 aliphatic heterocycles. The van der Waals surface area contributed by atoms with E-state index in [1.807, 2.05) is 13.8 Å². The van der Waals surface area contributed by atoms with Crippen LogP contribution >= 0.6 is 0 Å². The molecule has 1 N–H and O–H groups in total. The fourth-order valence-corrected chi connectivity index (χ4v) is 1.68. The van der Waals surface area contributed by atoms with Gasteiger partial charge in [-0.2, -0.15) is 0 Å². The summed E-state index contributed by atoms with van der Waals surface area (Å²) in [5.41, 5.74) is 0.235. The van der Waals surface area contributed by atoms with Crippen LogP contribution in [0.25, 0.3) is 0 Å². The third kappa shape index (κ3) is 4.49. The smallest absolute Gasteiger partial charge is 0.323 e. The quantitative estimate of drug-likeness (QED) is 0.826. The van der Waals surface area contributed by atoms with E-state index in [1.165, 1.54) is 4.90 Å². The number of amides is 1. The lowest BCUT2D eigenvalue weighted by Crippen LogP contribution is -2.34. The number of nitrogens with zero attached hydrogens (tertiary/aromatic N) is 4. The van der Waals surface area contributed by atoms with Crippen molar-refractivity contribution in [1.82, 2.24) is 15.1 Å². The van der Waals surface area contributed by atoms with Gasteiger partial charge in [0, 0.05) is 20.6 Å². The molecule has 0 saturated carbocycles. The summed E-state index contributed by atoms with van der Waals surface area (Å²) < 4.78 is 0. The van der Waals surface area contributed by atoms with Crippen molar-refractivity contribution in [3.8, 4) is 0 Å². The molecule has 0 radical (unpaired) electrons. The minimum absolute atomic E-state index is 0.145. The summed E-state index contributed by atoms with van der Waals surface area (Å²) in [6.45, 7) is 4.40. The van der Waals surface area contributed by atoms with Crippen molar-refractivity contribution in [2.75, 3.05) is 32.1 Å². The molecular weight excluding hydrogens is 260 g/mol. The number of anilines is 1. The zero-order valence-electron chi connectivity index (χ0n) is 12.2. The topological polar surface area (TPSA) is 86.6 Å². The van der Waals surface area contributed by atoms with E-state index in [-0.39, 0.29) is 18.1 Å². The van der Waals surface area contributed by atoms with Gasteiger partial charge in [-0.1, -0.05) is 13.8 Å². The van der Waals surface area contributed by atoms with Gasteiger partial charge in [-0.15, -0.1) is 10.2 Å². The molecular formula is C13H20N4O3. The molecule has 7 nitrogen and oxygen atoms in total. The van der Waals surface area contributed by atoms with Gasteiger partial charge in [0.1, 0.15) is 6.54 Å². The lowest BCUT2D eigenvalue weighted by atomic mass is 10.2. The maximum Gasteiger partial charge on any atom is 0.323 e. The highest BCUT2D eigenvalue weighted by Crippen LogP contribution is 2.12. The molecule has 0 atom stereocenters. The van der Waals surface area contributed by atoms with Gasteiger partial charge >= 0.3 is 5.97 Å². The van der Waals surface area contributed by atoms with Gasteiger partial charge in [-0.25, -0.2) is 0 Å². The first-order chi connectivity index (χ1) is 9.31. The molecule has 1 amide bonds. The molecule has 0 fully saturated rings. The summed E-state index contributed by atoms with van der Waals surface area (Å²) in [4.78, 5) is 25.6. The fourth-order valence-electron chi connectivity index (χ4n) is 1.68. The Kier molecular flexibility index (Phi) is 5.42. The van der Waals surface area contributed by atoms with Crippen molar-refractivity contribution in [2.45, 2.75) is 13.8 Å². The van der Waals surface area contributed by atoms with Gasteiger partial charge in [-0.3, -0.25) is 9.59 Å². The fraction of sp³-hybridized carbons (Fsp3) is 0.538. The summed E-state index contributed by atoms with van der Waals surface area (Å²) in [5.74, 6) is -0.422. The number of carbonyl (C=O) groups is 2. The third-order valence-electron chi connectivity index (χ3n) is 2.51. The second kappa shape index (κ2) is 6.83. The van der Waals surface area contributed by atoms with Crippen LogP contribution in [0.2, 0.25) is 0 Å². The Hall–Kier alpha value is -2.18. The Labute approximate surface area is 118 Å². The average molecular weight is 280 g/mol. The van der Waals surface area contributed by atoms with E-state index < -0.39 is 5.97 Å². The number of carbonyl (C=O) groups excluding carboxylic acids is 1. The van der Waals surface area contributed by atoms with Crippen molar-refractivity contribution in [3.05, 3.63) is 17.8 Å². The van der Waals surface area contributed by atoms with Crippen molar-refractivity contribution in [1.29, 1.82) is 0 Å². The Morgan fingerprint density at radius 3 is 2.30 bits per heavy atom. The minimum Gasteiger partial charge on any atom is -0.480 e. The number of carboxylic acid groups (broad SMARTS) is 1. The molecule has 110 valence electrons. The monoisotopic (exact) mass is 280 g/mol. The van der Waals surface area contributed by atoms with E-state index in [0.29, 0.717) is 18.3 Å². The van der Waals surface area contributed by atoms with Crippen molar-refractivity contribution < 1.29 is 14.7 Å². The number of rotatable bonds is 6. The van der Waals surface area contributed by atoms with Crippen LogP contribution in [0, 0.1) is 5.92 Å². The first kappa shape index (κ1) is 15.9. The summed E-state index contributed by atoms with van der Waals surface area (Å²) in [7, 11) is 3.26. The maximum absolute atomic E-state index is 11.7. The van der Waals surface area contributed by atoms with Crippen molar-refractivity contribution in [3.63, 3.8) is 0 Å². The largest absolute Gasteiger partial charge is 0.480 e. The molecule has 0 bridgehead atoms. The summed E-state index contributed by atoms with van der Waals surface area (Å²) in [5, 5.41) is 16.7. The van der Waals surface area contributed by atoms with Gasteiger partial charge in [0.25, 0.3) is 5.91 Å². The van der Waals surface area contributed by atoms with E-state index in [4.69, 9.17) is 5.11 Å². The standard InChI is InChI=1S/C13H20N4O3/c1-9(2)7-17(8-12(18)19)11-6-5-10(14-15-11)13(20)16(3)4/h5-6,9H,7-8H2,1-4H3,(H,18,19). The predicted octanol–water partition coefficient (Wildman–Crippen LogP) is 0.725. The number of hydrogen-bond donors (Lipinski definition) is 1. The second-order valence-electron chi connectivity index (χ2n) is 5.14. The molecule has 0 unspecified atom stereocenters. The first-order valence-corrected chi connectivity index (χ1v) is 6.33. The molecule has 1 aromatic heterocycles. The summed E-state index contributed by atoms with van der Waals surface area (Å²) in [6.07, 6.45) is 0. The third-order valence-corrected chi connectivity index (χ3v) is 2.51. The van der Waals surface area contributed by atoms with Crippen LogP contribution in [0.1, 0.15) is 24.3 Å². The zero-order chi connectivity index (χ0) is 15.3. The molecule has 0 saturated heterocycles. The van der Waals surface area contributed by atoms with Crippen molar-refractivity contribution >= 4 is 17.7 Å². The van der Waals surface area contributed by atoms with E-state index in [1.54, 1.807) is 31.1 Å². The van der Waals surface area contributed by atoms with E-state index in [9.17, 15) is 9.59 Å². The molecule has 0 spiro atoms. The maximum atomic E-state index is 11.7. The molecule has 1 rings (SSSR count). The number of aliphatic carboxylic acids is 1. The Morgan fingerprint density at radius 1 is 1.25 bits per heavy atom. The van der Waals surface area contributed by atoms with Crippen LogP contribution in [0.4, 0.5) is 5.82 Å². The first-order valence-electron chi connectivity index (χ1n) is 6.33. The summed E-state index contributed by atoms with van der Waals surface area (Å²) >= 11 is 0.